The summed E-state index contributed by atoms with van der Waals surface area (Å²) in [5.74, 6) is -1.40. The number of nitrogens with one attached hydrogen (secondary N) is 2. The van der Waals surface area contributed by atoms with Crippen molar-refractivity contribution >= 4 is 34.0 Å². The van der Waals surface area contributed by atoms with Gasteiger partial charge < -0.3 is 20.2 Å². The van der Waals surface area contributed by atoms with E-state index in [0.29, 0.717) is 36.8 Å². The molecule has 2 saturated carbocycles. The molecule has 276 valence electrons. The van der Waals surface area contributed by atoms with Gasteiger partial charge in [-0.15, -0.1) is 0 Å². The lowest BCUT2D eigenvalue weighted by atomic mass is 9.96. The van der Waals surface area contributed by atoms with Crippen LogP contribution in [0.15, 0.2) is 74.1 Å². The van der Waals surface area contributed by atoms with Gasteiger partial charge >= 0.3 is 11.9 Å². The number of aromatic amines is 2. The average molecular weight is 729 g/mol. The van der Waals surface area contributed by atoms with Gasteiger partial charge in [-0.05, 0) is 49.7 Å². The van der Waals surface area contributed by atoms with E-state index in [1.807, 2.05) is 58.7 Å². The van der Waals surface area contributed by atoms with Gasteiger partial charge in [-0.3, -0.25) is 9.36 Å². The third kappa shape index (κ3) is 8.85. The SMILES string of the molecule is N#CC[C@H](C1CCCC1)n1cc(-c2ncnc3[nH]ccc23)cn1.N#CC[C@H](C1CCCC1)n1cc(-c2ncnc3[nH]ccc23)cn1.O=C(O)/C=C/C(=O)O. The van der Waals surface area contributed by atoms with E-state index < -0.39 is 11.9 Å². The summed E-state index contributed by atoms with van der Waals surface area (Å²) in [7, 11) is 0. The number of carboxylic acid groups (broad SMARTS) is 2. The smallest absolute Gasteiger partial charge is 0.328 e. The van der Waals surface area contributed by atoms with Gasteiger partial charge in [0.25, 0.3) is 0 Å². The van der Waals surface area contributed by atoms with Crippen molar-refractivity contribution in [2.45, 2.75) is 76.3 Å². The molecule has 0 saturated heterocycles. The lowest BCUT2D eigenvalue weighted by Crippen LogP contribution is -2.17. The van der Waals surface area contributed by atoms with E-state index in [1.54, 1.807) is 12.7 Å². The molecule has 4 N–H and O–H groups in total. The van der Waals surface area contributed by atoms with Gasteiger partial charge in [0.1, 0.15) is 23.9 Å². The fourth-order valence-electron chi connectivity index (χ4n) is 7.45. The number of aromatic nitrogens is 10. The van der Waals surface area contributed by atoms with Crippen LogP contribution in [0.5, 0.6) is 0 Å². The molecule has 0 unspecified atom stereocenters. The van der Waals surface area contributed by atoms with Crippen LogP contribution in [0, 0.1) is 34.5 Å². The fourth-order valence-corrected chi connectivity index (χ4v) is 7.45. The molecule has 6 heterocycles. The summed E-state index contributed by atoms with van der Waals surface area (Å²) < 4.78 is 3.93. The van der Waals surface area contributed by atoms with Crippen molar-refractivity contribution in [2.24, 2.45) is 11.8 Å². The summed E-state index contributed by atoms with van der Waals surface area (Å²) in [4.78, 5) is 42.6. The van der Waals surface area contributed by atoms with E-state index >= 15 is 0 Å². The van der Waals surface area contributed by atoms with Crippen molar-refractivity contribution in [1.82, 2.24) is 49.5 Å². The van der Waals surface area contributed by atoms with Crippen molar-refractivity contribution < 1.29 is 19.8 Å². The first-order chi connectivity index (χ1) is 26.4. The molecular weight excluding hydrogens is 688 g/mol. The normalized spacial score (nSPS) is 15.6. The maximum atomic E-state index is 9.55. The molecule has 2 atom stereocenters. The van der Waals surface area contributed by atoms with Crippen molar-refractivity contribution in [3.63, 3.8) is 0 Å². The second-order valence-corrected chi connectivity index (χ2v) is 13.3. The van der Waals surface area contributed by atoms with Crippen molar-refractivity contribution in [1.29, 1.82) is 10.5 Å². The summed E-state index contributed by atoms with van der Waals surface area (Å²) >= 11 is 0. The van der Waals surface area contributed by atoms with Gasteiger partial charge in [0.15, 0.2) is 0 Å². The molecule has 2 fully saturated rings. The topological polar surface area (TPSA) is 241 Å². The zero-order valence-electron chi connectivity index (χ0n) is 29.5. The average Bonchev–Trinajstić information content (AvgIpc) is 4.04. The third-order valence-electron chi connectivity index (χ3n) is 9.99. The predicted octanol–water partition coefficient (Wildman–Crippen LogP) is 6.64. The van der Waals surface area contributed by atoms with E-state index in [0.717, 1.165) is 44.6 Å². The van der Waals surface area contributed by atoms with E-state index in [1.165, 1.54) is 51.4 Å². The Morgan fingerprint density at radius 3 is 1.50 bits per heavy atom. The molecule has 0 aliphatic heterocycles. The van der Waals surface area contributed by atoms with Gasteiger partial charge in [0.2, 0.25) is 0 Å². The molecule has 0 aromatic carbocycles. The molecule has 54 heavy (non-hydrogen) atoms. The van der Waals surface area contributed by atoms with E-state index in [4.69, 9.17) is 10.2 Å². The van der Waals surface area contributed by atoms with E-state index in [2.05, 4.69) is 52.2 Å². The summed E-state index contributed by atoms with van der Waals surface area (Å²) in [5, 5.41) is 45.0. The van der Waals surface area contributed by atoms with Crippen LogP contribution in [-0.2, 0) is 9.59 Å². The fraction of sp³-hybridized carbons (Fsp3) is 0.368. The summed E-state index contributed by atoms with van der Waals surface area (Å²) in [6.45, 7) is 0. The number of rotatable bonds is 10. The zero-order chi connectivity index (χ0) is 37.9. The van der Waals surface area contributed by atoms with Crippen LogP contribution in [0.1, 0.15) is 76.3 Å². The first-order valence-electron chi connectivity index (χ1n) is 17.9. The largest absolute Gasteiger partial charge is 0.478 e. The minimum atomic E-state index is -1.26. The lowest BCUT2D eigenvalue weighted by Gasteiger charge is -2.21. The molecule has 8 rings (SSSR count). The maximum Gasteiger partial charge on any atom is 0.328 e. The Balaban J connectivity index is 0.000000154. The highest BCUT2D eigenvalue weighted by Crippen LogP contribution is 2.38. The third-order valence-corrected chi connectivity index (χ3v) is 9.99. The number of carbonyl (C=O) groups is 2. The minimum absolute atomic E-state index is 0.166. The highest BCUT2D eigenvalue weighted by atomic mass is 16.4. The van der Waals surface area contributed by atoms with Crippen LogP contribution in [-0.4, -0.2) is 71.6 Å². The molecule has 16 heteroatoms. The molecule has 6 aromatic heterocycles. The number of H-pyrrole nitrogens is 2. The summed E-state index contributed by atoms with van der Waals surface area (Å²) in [6, 6.07) is 8.94. The van der Waals surface area contributed by atoms with Crippen LogP contribution >= 0.6 is 0 Å². The second-order valence-electron chi connectivity index (χ2n) is 13.3. The molecule has 0 radical (unpaired) electrons. The van der Waals surface area contributed by atoms with Crippen LogP contribution in [0.2, 0.25) is 0 Å². The van der Waals surface area contributed by atoms with Crippen LogP contribution in [0.25, 0.3) is 44.6 Å². The predicted molar refractivity (Wildman–Crippen MR) is 197 cm³/mol. The minimum Gasteiger partial charge on any atom is -0.478 e. The number of aliphatic carboxylic acids is 2. The van der Waals surface area contributed by atoms with E-state index in [9.17, 15) is 20.1 Å². The molecule has 2 aliphatic rings. The Hall–Kier alpha value is -6.68. The molecular formula is C38H40N12O4. The quantitative estimate of drug-likeness (QED) is 0.108. The molecule has 0 spiro atoms. The van der Waals surface area contributed by atoms with Crippen LogP contribution in [0.3, 0.4) is 0 Å². The van der Waals surface area contributed by atoms with Gasteiger partial charge in [0.05, 0.1) is 60.8 Å². The molecule has 0 amide bonds. The van der Waals surface area contributed by atoms with E-state index in [-0.39, 0.29) is 12.1 Å². The summed E-state index contributed by atoms with van der Waals surface area (Å²) in [5.41, 5.74) is 5.35. The van der Waals surface area contributed by atoms with Crippen molar-refractivity contribution in [3.8, 4) is 34.7 Å². The Bertz CT molecular complexity index is 2130. The van der Waals surface area contributed by atoms with Crippen LogP contribution < -0.4 is 0 Å². The van der Waals surface area contributed by atoms with Gasteiger partial charge in [0, 0.05) is 58.8 Å². The Morgan fingerprint density at radius 1 is 0.722 bits per heavy atom. The first-order valence-corrected chi connectivity index (χ1v) is 17.9. The first kappa shape index (κ1) is 37.1. The zero-order valence-corrected chi connectivity index (χ0v) is 29.5. The number of hydrogen-bond acceptors (Lipinski definition) is 10. The summed E-state index contributed by atoms with van der Waals surface area (Å²) in [6.07, 6.45) is 26.5. The number of nitriles is 2. The Kier molecular flexibility index (Phi) is 12.2. The number of carboxylic acids is 2. The number of fused-ring (bicyclic) bond motifs is 2. The second kappa shape index (κ2) is 17.7. The molecule has 0 bridgehead atoms. The monoisotopic (exact) mass is 728 g/mol. The maximum absolute atomic E-state index is 9.55. The Labute approximate surface area is 310 Å². The molecule has 2 aliphatic carbocycles. The van der Waals surface area contributed by atoms with Crippen molar-refractivity contribution in [3.05, 3.63) is 74.1 Å². The van der Waals surface area contributed by atoms with Crippen molar-refractivity contribution in [2.75, 3.05) is 0 Å². The number of hydrogen-bond donors (Lipinski definition) is 4. The van der Waals surface area contributed by atoms with Gasteiger partial charge in [-0.1, -0.05) is 25.7 Å². The number of nitrogens with zero attached hydrogens (tertiary/aromatic N) is 10. The molecule has 16 nitrogen and oxygen atoms in total. The van der Waals surface area contributed by atoms with Gasteiger partial charge in [-0.2, -0.15) is 20.7 Å². The Morgan fingerprint density at radius 2 is 1.13 bits per heavy atom. The standard InChI is InChI=1S/2C17H18N6.C4H4O4/c2*18-7-5-15(12-3-1-2-4-12)23-10-13(9-22-23)16-14-6-8-19-17(14)21-11-20-16;5-3(6)1-2-4(7)8/h2*6,8-12,15H,1-5H2,(H,19,20,21);1-2H,(H,5,6)(H,7,8)/b;;2-1+/t2*15-;/m11./s1. The van der Waals surface area contributed by atoms with Gasteiger partial charge in [-0.25, -0.2) is 29.5 Å². The lowest BCUT2D eigenvalue weighted by molar-refractivity contribution is -0.134. The highest BCUT2D eigenvalue weighted by molar-refractivity contribution is 5.91. The van der Waals surface area contributed by atoms with Crippen LogP contribution in [0.4, 0.5) is 0 Å². The molecule has 6 aromatic rings. The highest BCUT2D eigenvalue weighted by Gasteiger charge is 2.28.